The zero-order valence-corrected chi connectivity index (χ0v) is 18.1. The summed E-state index contributed by atoms with van der Waals surface area (Å²) in [5, 5.41) is 1.90. The minimum atomic E-state index is 0.271. The number of hydrogen-bond acceptors (Lipinski definition) is 4. The van der Waals surface area contributed by atoms with Gasteiger partial charge in [0.05, 0.1) is 22.3 Å². The summed E-state index contributed by atoms with van der Waals surface area (Å²) >= 11 is 7.83. The molecule has 1 saturated heterocycles. The highest BCUT2D eigenvalue weighted by Crippen LogP contribution is 2.34. The second-order valence-corrected chi connectivity index (χ2v) is 9.02. The molecule has 0 unspecified atom stereocenters. The SMILES string of the molecule is COc1ccc(CCCC(=O)N2CCC(c3nc4cc(Cl)ccc4s3)CC2)cc1. The number of piperidine rings is 1. The monoisotopic (exact) mass is 428 g/mol. The first-order chi connectivity index (χ1) is 14.1. The zero-order valence-electron chi connectivity index (χ0n) is 16.6. The van der Waals surface area contributed by atoms with Crippen molar-refractivity contribution in [3.63, 3.8) is 0 Å². The summed E-state index contributed by atoms with van der Waals surface area (Å²) in [5.41, 5.74) is 2.22. The predicted molar refractivity (Wildman–Crippen MR) is 119 cm³/mol. The van der Waals surface area contributed by atoms with Crippen molar-refractivity contribution in [1.82, 2.24) is 9.88 Å². The summed E-state index contributed by atoms with van der Waals surface area (Å²) in [6, 6.07) is 14.0. The number of benzene rings is 2. The molecule has 0 saturated carbocycles. The first-order valence-corrected chi connectivity index (χ1v) is 11.3. The Labute approximate surface area is 180 Å². The lowest BCUT2D eigenvalue weighted by Crippen LogP contribution is -2.37. The fourth-order valence-electron chi connectivity index (χ4n) is 3.86. The van der Waals surface area contributed by atoms with Crippen LogP contribution in [0.2, 0.25) is 5.02 Å². The van der Waals surface area contributed by atoms with Crippen molar-refractivity contribution in [2.24, 2.45) is 0 Å². The molecule has 3 aromatic rings. The fraction of sp³-hybridized carbons (Fsp3) is 0.391. The molecule has 1 amide bonds. The maximum absolute atomic E-state index is 12.6. The van der Waals surface area contributed by atoms with E-state index in [9.17, 15) is 4.79 Å². The van der Waals surface area contributed by atoms with Gasteiger partial charge in [0, 0.05) is 30.5 Å². The molecule has 29 heavy (non-hydrogen) atoms. The fourth-order valence-corrected chi connectivity index (χ4v) is 5.15. The number of carbonyl (C=O) groups excluding carboxylic acids is 1. The van der Waals surface area contributed by atoms with Gasteiger partial charge in [-0.3, -0.25) is 4.79 Å². The number of halogens is 1. The first kappa shape index (κ1) is 20.2. The summed E-state index contributed by atoms with van der Waals surface area (Å²) in [5.74, 6) is 1.58. The number of thiazole rings is 1. The molecule has 6 heteroatoms. The normalized spacial score (nSPS) is 15.0. The van der Waals surface area contributed by atoms with E-state index in [1.165, 1.54) is 15.3 Å². The van der Waals surface area contributed by atoms with Crippen molar-refractivity contribution in [2.75, 3.05) is 20.2 Å². The van der Waals surface area contributed by atoms with E-state index in [2.05, 4.69) is 12.1 Å². The number of amides is 1. The van der Waals surface area contributed by atoms with Crippen molar-refractivity contribution in [2.45, 2.75) is 38.0 Å². The molecule has 0 radical (unpaired) electrons. The topological polar surface area (TPSA) is 42.4 Å². The third kappa shape index (κ3) is 4.90. The van der Waals surface area contributed by atoms with Crippen LogP contribution in [0.15, 0.2) is 42.5 Å². The molecule has 1 aromatic heterocycles. The molecule has 0 atom stereocenters. The minimum absolute atomic E-state index is 0.271. The van der Waals surface area contributed by atoms with Crippen LogP contribution in [0, 0.1) is 0 Å². The molecule has 2 aromatic carbocycles. The van der Waals surface area contributed by atoms with Crippen LogP contribution in [0.5, 0.6) is 5.75 Å². The second kappa shape index (κ2) is 9.14. The molecule has 0 aliphatic carbocycles. The van der Waals surface area contributed by atoms with Crippen LogP contribution < -0.4 is 4.74 Å². The molecular formula is C23H25ClN2O2S. The van der Waals surface area contributed by atoms with Crippen molar-refractivity contribution < 1.29 is 9.53 Å². The minimum Gasteiger partial charge on any atom is -0.497 e. The Kier molecular flexibility index (Phi) is 6.36. The van der Waals surface area contributed by atoms with Gasteiger partial charge in [0.2, 0.25) is 5.91 Å². The number of hydrogen-bond donors (Lipinski definition) is 0. The van der Waals surface area contributed by atoms with Crippen LogP contribution in [0.25, 0.3) is 10.2 Å². The van der Waals surface area contributed by atoms with Gasteiger partial charge in [-0.1, -0.05) is 23.7 Å². The lowest BCUT2D eigenvalue weighted by molar-refractivity contribution is -0.132. The lowest BCUT2D eigenvalue weighted by Gasteiger charge is -2.31. The van der Waals surface area contributed by atoms with E-state index in [-0.39, 0.29) is 5.91 Å². The molecule has 0 spiro atoms. The average Bonchev–Trinajstić information content (AvgIpc) is 3.17. The lowest BCUT2D eigenvalue weighted by atomic mass is 9.97. The van der Waals surface area contributed by atoms with Gasteiger partial charge < -0.3 is 9.64 Å². The Morgan fingerprint density at radius 2 is 1.97 bits per heavy atom. The van der Waals surface area contributed by atoms with Gasteiger partial charge in [0.1, 0.15) is 5.75 Å². The third-order valence-electron chi connectivity index (χ3n) is 5.58. The molecule has 1 fully saturated rings. The number of aryl methyl sites for hydroxylation is 1. The van der Waals surface area contributed by atoms with E-state index in [1.54, 1.807) is 18.4 Å². The van der Waals surface area contributed by atoms with E-state index in [0.717, 1.165) is 55.1 Å². The van der Waals surface area contributed by atoms with E-state index in [4.69, 9.17) is 21.3 Å². The molecule has 1 aliphatic heterocycles. The number of methoxy groups -OCH3 is 1. The molecule has 0 bridgehead atoms. The Bertz CT molecular complexity index is 978. The summed E-state index contributed by atoms with van der Waals surface area (Å²) < 4.78 is 6.37. The van der Waals surface area contributed by atoms with Crippen LogP contribution in [0.4, 0.5) is 0 Å². The van der Waals surface area contributed by atoms with E-state index in [0.29, 0.717) is 12.3 Å². The van der Waals surface area contributed by atoms with Crippen molar-refractivity contribution in [1.29, 1.82) is 0 Å². The molecule has 1 aliphatic rings. The Balaban J connectivity index is 1.25. The highest BCUT2D eigenvalue weighted by Gasteiger charge is 2.25. The highest BCUT2D eigenvalue weighted by molar-refractivity contribution is 7.18. The van der Waals surface area contributed by atoms with Crippen LogP contribution in [-0.4, -0.2) is 36.0 Å². The smallest absolute Gasteiger partial charge is 0.222 e. The van der Waals surface area contributed by atoms with Crippen LogP contribution in [-0.2, 0) is 11.2 Å². The summed E-state index contributed by atoms with van der Waals surface area (Å²) in [6.07, 6.45) is 4.37. The second-order valence-electron chi connectivity index (χ2n) is 7.52. The zero-order chi connectivity index (χ0) is 20.2. The number of fused-ring (bicyclic) bond motifs is 1. The van der Waals surface area contributed by atoms with E-state index in [1.807, 2.05) is 35.2 Å². The largest absolute Gasteiger partial charge is 0.497 e. The van der Waals surface area contributed by atoms with Crippen molar-refractivity contribution in [3.05, 3.63) is 58.1 Å². The molecule has 152 valence electrons. The molecular weight excluding hydrogens is 404 g/mol. The van der Waals surface area contributed by atoms with Crippen molar-refractivity contribution >= 4 is 39.1 Å². The number of nitrogens with zero attached hydrogens (tertiary/aromatic N) is 2. The van der Waals surface area contributed by atoms with Gasteiger partial charge in [-0.25, -0.2) is 4.98 Å². The molecule has 4 nitrogen and oxygen atoms in total. The van der Waals surface area contributed by atoms with Gasteiger partial charge >= 0.3 is 0 Å². The van der Waals surface area contributed by atoms with Crippen LogP contribution >= 0.6 is 22.9 Å². The van der Waals surface area contributed by atoms with Gasteiger partial charge in [-0.2, -0.15) is 0 Å². The quantitative estimate of drug-likeness (QED) is 0.506. The summed E-state index contributed by atoms with van der Waals surface area (Å²) in [7, 11) is 1.67. The predicted octanol–water partition coefficient (Wildman–Crippen LogP) is 5.69. The number of aromatic nitrogens is 1. The number of likely N-dealkylation sites (tertiary alicyclic amines) is 1. The third-order valence-corrected chi connectivity index (χ3v) is 7.01. The molecule has 0 N–H and O–H groups in total. The molecule has 2 heterocycles. The van der Waals surface area contributed by atoms with Gasteiger partial charge in [0.15, 0.2) is 0 Å². The van der Waals surface area contributed by atoms with Gasteiger partial charge in [0.25, 0.3) is 0 Å². The summed E-state index contributed by atoms with van der Waals surface area (Å²) in [4.78, 5) is 19.4. The van der Waals surface area contributed by atoms with Crippen LogP contribution in [0.1, 0.15) is 42.2 Å². The van der Waals surface area contributed by atoms with Crippen molar-refractivity contribution in [3.8, 4) is 5.75 Å². The Hall–Kier alpha value is -2.11. The molecule has 4 rings (SSSR count). The standard InChI is InChI=1S/C23H25ClN2O2S/c1-28-19-8-5-16(6-9-19)3-2-4-22(27)26-13-11-17(12-14-26)23-25-20-15-18(24)7-10-21(20)29-23/h5-10,15,17H,2-4,11-14H2,1H3. The number of carbonyl (C=O) groups is 1. The summed E-state index contributed by atoms with van der Waals surface area (Å²) in [6.45, 7) is 1.64. The maximum atomic E-state index is 12.6. The number of rotatable bonds is 6. The number of ether oxygens (including phenoxy) is 1. The highest BCUT2D eigenvalue weighted by atomic mass is 35.5. The van der Waals surface area contributed by atoms with E-state index >= 15 is 0 Å². The van der Waals surface area contributed by atoms with Crippen LogP contribution in [0.3, 0.4) is 0 Å². The Morgan fingerprint density at radius 1 is 1.21 bits per heavy atom. The van der Waals surface area contributed by atoms with Gasteiger partial charge in [-0.05, 0) is 61.6 Å². The Morgan fingerprint density at radius 3 is 2.69 bits per heavy atom. The maximum Gasteiger partial charge on any atom is 0.222 e. The first-order valence-electron chi connectivity index (χ1n) is 10.1. The van der Waals surface area contributed by atoms with Gasteiger partial charge in [-0.15, -0.1) is 11.3 Å². The van der Waals surface area contributed by atoms with E-state index < -0.39 is 0 Å². The average molecular weight is 429 g/mol.